The van der Waals surface area contributed by atoms with E-state index in [2.05, 4.69) is 0 Å². The van der Waals surface area contributed by atoms with Crippen LogP contribution in [0.15, 0.2) is 0 Å². The lowest BCUT2D eigenvalue weighted by molar-refractivity contribution is -0.119. The van der Waals surface area contributed by atoms with E-state index in [1.807, 2.05) is 19.0 Å². The van der Waals surface area contributed by atoms with Crippen LogP contribution in [0.5, 0.6) is 0 Å². The van der Waals surface area contributed by atoms with Crippen LogP contribution >= 0.6 is 0 Å². The summed E-state index contributed by atoms with van der Waals surface area (Å²) in [5, 5.41) is 0. The smallest absolute Gasteiger partial charge is 0.235 e. The van der Waals surface area contributed by atoms with Gasteiger partial charge in [-0.05, 0) is 14.1 Å². The van der Waals surface area contributed by atoms with Gasteiger partial charge in [-0.15, -0.1) is 0 Å². The Labute approximate surface area is 54.8 Å². The minimum atomic E-state index is -0.542. The van der Waals surface area contributed by atoms with Crippen molar-refractivity contribution in [3.05, 3.63) is 0 Å². The van der Waals surface area contributed by atoms with Crippen molar-refractivity contribution in [2.75, 3.05) is 20.6 Å². The van der Waals surface area contributed by atoms with Crippen LogP contribution in [0.3, 0.4) is 0 Å². The first-order chi connectivity index (χ1) is 4.04. The molecule has 0 bridgehead atoms. The second kappa shape index (κ2) is 3.42. The SMILES string of the molecule is CN(C)C[C@@H](N)C(N)=O. The van der Waals surface area contributed by atoms with Crippen LogP contribution in [-0.4, -0.2) is 37.5 Å². The minimum Gasteiger partial charge on any atom is -0.368 e. The second-order valence-corrected chi connectivity index (χ2v) is 2.27. The van der Waals surface area contributed by atoms with Gasteiger partial charge in [0.1, 0.15) is 0 Å². The number of amides is 1. The zero-order valence-electron chi connectivity index (χ0n) is 5.79. The molecule has 0 spiro atoms. The Morgan fingerprint density at radius 3 is 2.22 bits per heavy atom. The maximum atomic E-state index is 10.3. The highest BCUT2D eigenvalue weighted by molar-refractivity contribution is 5.79. The average molecular weight is 131 g/mol. The fourth-order valence-electron chi connectivity index (χ4n) is 0.483. The molecule has 4 N–H and O–H groups in total. The van der Waals surface area contributed by atoms with Gasteiger partial charge in [0.15, 0.2) is 0 Å². The number of nitrogens with zero attached hydrogens (tertiary/aromatic N) is 1. The molecule has 4 heteroatoms. The number of carbonyl (C=O) groups is 1. The number of primary amides is 1. The third-order valence-corrected chi connectivity index (χ3v) is 0.927. The van der Waals surface area contributed by atoms with Crippen molar-refractivity contribution in [2.45, 2.75) is 6.04 Å². The Balaban J connectivity index is 3.50. The molecular formula is C5H13N3O. The third-order valence-electron chi connectivity index (χ3n) is 0.927. The molecule has 0 aromatic carbocycles. The number of rotatable bonds is 3. The second-order valence-electron chi connectivity index (χ2n) is 2.27. The van der Waals surface area contributed by atoms with E-state index in [1.165, 1.54) is 0 Å². The van der Waals surface area contributed by atoms with Gasteiger partial charge >= 0.3 is 0 Å². The molecule has 4 nitrogen and oxygen atoms in total. The molecule has 0 aliphatic heterocycles. The lowest BCUT2D eigenvalue weighted by Crippen LogP contribution is -2.43. The number of hydrogen-bond acceptors (Lipinski definition) is 3. The van der Waals surface area contributed by atoms with E-state index in [-0.39, 0.29) is 0 Å². The largest absolute Gasteiger partial charge is 0.368 e. The van der Waals surface area contributed by atoms with Gasteiger partial charge < -0.3 is 16.4 Å². The highest BCUT2D eigenvalue weighted by atomic mass is 16.1. The van der Waals surface area contributed by atoms with Gasteiger partial charge in [-0.2, -0.15) is 0 Å². The Morgan fingerprint density at radius 2 is 2.11 bits per heavy atom. The summed E-state index contributed by atoms with van der Waals surface area (Å²) >= 11 is 0. The highest BCUT2D eigenvalue weighted by Gasteiger charge is 2.08. The summed E-state index contributed by atoms with van der Waals surface area (Å²) in [7, 11) is 3.67. The number of carbonyl (C=O) groups excluding carboxylic acids is 1. The first-order valence-corrected chi connectivity index (χ1v) is 2.73. The lowest BCUT2D eigenvalue weighted by atomic mass is 10.3. The Morgan fingerprint density at radius 1 is 1.67 bits per heavy atom. The maximum Gasteiger partial charge on any atom is 0.235 e. The topological polar surface area (TPSA) is 72.3 Å². The Bertz CT molecular complexity index is 102. The standard InChI is InChI=1S/C5H13N3O/c1-8(2)3-4(6)5(7)9/h4H,3,6H2,1-2H3,(H2,7,9)/t4-/m1/s1. The van der Waals surface area contributed by atoms with Gasteiger partial charge in [0.2, 0.25) is 5.91 Å². The fraction of sp³-hybridized carbons (Fsp3) is 0.800. The van der Waals surface area contributed by atoms with E-state index in [9.17, 15) is 4.79 Å². The molecule has 0 aliphatic rings. The van der Waals surface area contributed by atoms with Crippen LogP contribution in [0.2, 0.25) is 0 Å². The minimum absolute atomic E-state index is 0.455. The van der Waals surface area contributed by atoms with E-state index in [4.69, 9.17) is 11.5 Å². The van der Waals surface area contributed by atoms with Crippen LogP contribution in [0.4, 0.5) is 0 Å². The average Bonchev–Trinajstić information content (AvgIpc) is 1.63. The van der Waals surface area contributed by atoms with Crippen LogP contribution in [-0.2, 0) is 4.79 Å². The van der Waals surface area contributed by atoms with Crippen molar-refractivity contribution >= 4 is 5.91 Å². The first kappa shape index (κ1) is 8.39. The predicted octanol–water partition coefficient (Wildman–Crippen LogP) is -1.64. The molecule has 0 saturated carbocycles. The zero-order valence-corrected chi connectivity index (χ0v) is 5.79. The van der Waals surface area contributed by atoms with Crippen LogP contribution in [0.1, 0.15) is 0 Å². The molecule has 1 atom stereocenters. The maximum absolute atomic E-state index is 10.3. The summed E-state index contributed by atoms with van der Waals surface area (Å²) in [6.07, 6.45) is 0. The Hall–Kier alpha value is -0.610. The summed E-state index contributed by atoms with van der Waals surface area (Å²) in [4.78, 5) is 12.1. The summed E-state index contributed by atoms with van der Waals surface area (Å²) in [5.41, 5.74) is 10.2. The van der Waals surface area contributed by atoms with Crippen molar-refractivity contribution in [2.24, 2.45) is 11.5 Å². The molecule has 0 aromatic rings. The lowest BCUT2D eigenvalue weighted by Gasteiger charge is -2.12. The first-order valence-electron chi connectivity index (χ1n) is 2.73. The predicted molar refractivity (Wildman–Crippen MR) is 35.7 cm³/mol. The van der Waals surface area contributed by atoms with E-state index in [0.717, 1.165) is 0 Å². The number of likely N-dealkylation sites (N-methyl/N-ethyl adjacent to an activating group) is 1. The third kappa shape index (κ3) is 3.93. The molecular weight excluding hydrogens is 118 g/mol. The summed E-state index contributed by atoms with van der Waals surface area (Å²) in [5.74, 6) is -0.455. The molecule has 0 fully saturated rings. The molecule has 0 radical (unpaired) electrons. The van der Waals surface area contributed by atoms with Crippen molar-refractivity contribution in [3.63, 3.8) is 0 Å². The van der Waals surface area contributed by atoms with Crippen molar-refractivity contribution in [1.29, 1.82) is 0 Å². The fourth-order valence-corrected chi connectivity index (χ4v) is 0.483. The van der Waals surface area contributed by atoms with Gasteiger partial charge in [-0.25, -0.2) is 0 Å². The van der Waals surface area contributed by atoms with Gasteiger partial charge in [-0.1, -0.05) is 0 Å². The highest BCUT2D eigenvalue weighted by Crippen LogP contribution is 1.79. The molecule has 0 unspecified atom stereocenters. The van der Waals surface area contributed by atoms with E-state index >= 15 is 0 Å². The van der Waals surface area contributed by atoms with Crippen molar-refractivity contribution in [3.8, 4) is 0 Å². The van der Waals surface area contributed by atoms with Gasteiger partial charge in [0, 0.05) is 6.54 Å². The van der Waals surface area contributed by atoms with E-state index in [1.54, 1.807) is 0 Å². The summed E-state index contributed by atoms with van der Waals surface area (Å²) in [6.45, 7) is 0.509. The van der Waals surface area contributed by atoms with E-state index < -0.39 is 11.9 Å². The van der Waals surface area contributed by atoms with Crippen LogP contribution in [0.25, 0.3) is 0 Å². The molecule has 0 heterocycles. The number of nitrogens with two attached hydrogens (primary N) is 2. The molecule has 0 rings (SSSR count). The Kier molecular flexibility index (Phi) is 3.19. The van der Waals surface area contributed by atoms with Crippen LogP contribution < -0.4 is 11.5 Å². The van der Waals surface area contributed by atoms with Crippen LogP contribution in [0, 0.1) is 0 Å². The zero-order chi connectivity index (χ0) is 7.44. The summed E-state index contributed by atoms with van der Waals surface area (Å²) in [6, 6.07) is -0.542. The van der Waals surface area contributed by atoms with Gasteiger partial charge in [0.25, 0.3) is 0 Å². The molecule has 0 saturated heterocycles. The molecule has 0 aliphatic carbocycles. The van der Waals surface area contributed by atoms with Gasteiger partial charge in [0.05, 0.1) is 6.04 Å². The molecule has 9 heavy (non-hydrogen) atoms. The normalized spacial score (nSPS) is 13.8. The van der Waals surface area contributed by atoms with Crippen molar-refractivity contribution in [1.82, 2.24) is 4.90 Å². The molecule has 54 valence electrons. The summed E-state index contributed by atoms with van der Waals surface area (Å²) < 4.78 is 0. The monoisotopic (exact) mass is 131 g/mol. The number of hydrogen-bond donors (Lipinski definition) is 2. The molecule has 1 amide bonds. The van der Waals surface area contributed by atoms with Crippen molar-refractivity contribution < 1.29 is 4.79 Å². The van der Waals surface area contributed by atoms with Gasteiger partial charge in [-0.3, -0.25) is 4.79 Å². The molecule has 0 aromatic heterocycles. The van der Waals surface area contributed by atoms with E-state index in [0.29, 0.717) is 6.54 Å². The quantitative estimate of drug-likeness (QED) is 0.482.